The maximum atomic E-state index is 14.0. The third-order valence-corrected chi connectivity index (χ3v) is 5.08. The highest BCUT2D eigenvalue weighted by atomic mass is 32.2. The Labute approximate surface area is 131 Å². The van der Waals surface area contributed by atoms with Gasteiger partial charge in [0.15, 0.2) is 0 Å². The maximum absolute atomic E-state index is 14.0. The largest absolute Gasteiger partial charge is 0.496 e. The van der Waals surface area contributed by atoms with E-state index in [0.29, 0.717) is 21.8 Å². The standard InChI is InChI=1S/C16H25FN2OS/c1-11-9-19(10-12(2)21-11)8-7-14(18)16-13(17)5-4-6-15(16)20-3/h4-6,11-12,14H,7-10,18H2,1-3H3. The van der Waals surface area contributed by atoms with Gasteiger partial charge in [0.25, 0.3) is 0 Å². The van der Waals surface area contributed by atoms with Gasteiger partial charge in [-0.05, 0) is 18.6 Å². The number of thioether (sulfide) groups is 1. The third-order valence-electron chi connectivity index (χ3n) is 3.86. The van der Waals surface area contributed by atoms with Crippen LogP contribution in [0, 0.1) is 5.82 Å². The van der Waals surface area contributed by atoms with E-state index >= 15 is 0 Å². The van der Waals surface area contributed by atoms with Gasteiger partial charge in [-0.1, -0.05) is 19.9 Å². The number of halogens is 1. The molecule has 0 saturated carbocycles. The van der Waals surface area contributed by atoms with E-state index in [4.69, 9.17) is 10.5 Å². The summed E-state index contributed by atoms with van der Waals surface area (Å²) in [6.07, 6.45) is 0.738. The molecule has 1 aliphatic heterocycles. The lowest BCUT2D eigenvalue weighted by molar-refractivity contribution is 0.259. The molecule has 0 bridgehead atoms. The van der Waals surface area contributed by atoms with Crippen molar-refractivity contribution in [2.75, 3.05) is 26.7 Å². The van der Waals surface area contributed by atoms with E-state index in [1.54, 1.807) is 19.2 Å². The molecule has 21 heavy (non-hydrogen) atoms. The Hall–Kier alpha value is -0.780. The first kappa shape index (κ1) is 16.6. The van der Waals surface area contributed by atoms with Gasteiger partial charge in [-0.25, -0.2) is 4.39 Å². The number of ether oxygens (including phenoxy) is 1. The van der Waals surface area contributed by atoms with Gasteiger partial charge >= 0.3 is 0 Å². The number of rotatable bonds is 5. The summed E-state index contributed by atoms with van der Waals surface area (Å²) in [5, 5.41) is 1.29. The Morgan fingerprint density at radius 2 is 2.05 bits per heavy atom. The first-order chi connectivity index (χ1) is 10.0. The van der Waals surface area contributed by atoms with Crippen LogP contribution in [0.5, 0.6) is 5.75 Å². The van der Waals surface area contributed by atoms with Crippen molar-refractivity contribution >= 4 is 11.8 Å². The van der Waals surface area contributed by atoms with Crippen molar-refractivity contribution < 1.29 is 9.13 Å². The van der Waals surface area contributed by atoms with Crippen molar-refractivity contribution in [3.05, 3.63) is 29.6 Å². The van der Waals surface area contributed by atoms with Crippen molar-refractivity contribution in [2.45, 2.75) is 36.8 Å². The molecule has 0 spiro atoms. The van der Waals surface area contributed by atoms with Crippen LogP contribution >= 0.6 is 11.8 Å². The summed E-state index contributed by atoms with van der Waals surface area (Å²) in [5.74, 6) is 0.260. The first-order valence-electron chi connectivity index (χ1n) is 7.47. The van der Waals surface area contributed by atoms with Crippen LogP contribution in [0.4, 0.5) is 4.39 Å². The predicted molar refractivity (Wildman–Crippen MR) is 87.5 cm³/mol. The molecular formula is C16H25FN2OS. The fraction of sp³-hybridized carbons (Fsp3) is 0.625. The normalized spacial score (nSPS) is 24.8. The number of hydrogen-bond donors (Lipinski definition) is 1. The summed E-state index contributed by atoms with van der Waals surface area (Å²) in [6, 6.07) is 4.52. The van der Waals surface area contributed by atoms with Gasteiger partial charge in [-0.3, -0.25) is 0 Å². The average molecular weight is 312 g/mol. The second-order valence-electron chi connectivity index (χ2n) is 5.77. The molecule has 3 nitrogen and oxygen atoms in total. The van der Waals surface area contributed by atoms with Gasteiger partial charge in [0, 0.05) is 41.7 Å². The summed E-state index contributed by atoms with van der Waals surface area (Å²) in [4.78, 5) is 2.43. The quantitative estimate of drug-likeness (QED) is 0.907. The number of benzene rings is 1. The van der Waals surface area contributed by atoms with E-state index in [9.17, 15) is 4.39 Å². The second kappa shape index (κ2) is 7.47. The van der Waals surface area contributed by atoms with E-state index < -0.39 is 0 Å². The number of hydrogen-bond acceptors (Lipinski definition) is 4. The lowest BCUT2D eigenvalue weighted by Gasteiger charge is -2.35. The average Bonchev–Trinajstić information content (AvgIpc) is 2.43. The van der Waals surface area contributed by atoms with Crippen LogP contribution < -0.4 is 10.5 Å². The zero-order valence-electron chi connectivity index (χ0n) is 13.0. The van der Waals surface area contributed by atoms with E-state index in [-0.39, 0.29) is 11.9 Å². The maximum Gasteiger partial charge on any atom is 0.131 e. The van der Waals surface area contributed by atoms with Gasteiger partial charge in [0.05, 0.1) is 7.11 Å². The van der Waals surface area contributed by atoms with Crippen LogP contribution in [0.25, 0.3) is 0 Å². The first-order valence-corrected chi connectivity index (χ1v) is 8.41. The highest BCUT2D eigenvalue weighted by Crippen LogP contribution is 2.29. The van der Waals surface area contributed by atoms with Crippen LogP contribution in [0.3, 0.4) is 0 Å². The van der Waals surface area contributed by atoms with E-state index in [0.717, 1.165) is 26.1 Å². The van der Waals surface area contributed by atoms with Crippen molar-refractivity contribution in [3.63, 3.8) is 0 Å². The monoisotopic (exact) mass is 312 g/mol. The lowest BCUT2D eigenvalue weighted by atomic mass is 10.0. The topological polar surface area (TPSA) is 38.5 Å². The van der Waals surface area contributed by atoms with E-state index in [1.165, 1.54) is 6.07 Å². The molecule has 1 aliphatic rings. The molecule has 2 N–H and O–H groups in total. The van der Waals surface area contributed by atoms with Gasteiger partial charge in [-0.15, -0.1) is 0 Å². The minimum absolute atomic E-state index is 0.280. The molecule has 0 aromatic heterocycles. The Bertz CT molecular complexity index is 462. The molecule has 1 aromatic carbocycles. The Balaban J connectivity index is 1.97. The molecule has 3 atom stereocenters. The Morgan fingerprint density at radius 3 is 2.67 bits per heavy atom. The zero-order valence-corrected chi connectivity index (χ0v) is 13.8. The van der Waals surface area contributed by atoms with Gasteiger partial charge in [0.1, 0.15) is 11.6 Å². The molecule has 1 aromatic rings. The summed E-state index contributed by atoms with van der Waals surface area (Å²) < 4.78 is 19.2. The highest BCUT2D eigenvalue weighted by molar-refractivity contribution is 8.00. The Morgan fingerprint density at radius 1 is 1.38 bits per heavy atom. The summed E-state index contributed by atoms with van der Waals surface area (Å²) in [5.41, 5.74) is 6.70. The molecule has 0 aliphatic carbocycles. The zero-order chi connectivity index (χ0) is 15.4. The van der Waals surface area contributed by atoms with Crippen molar-refractivity contribution in [1.82, 2.24) is 4.90 Å². The number of methoxy groups -OCH3 is 1. The minimum Gasteiger partial charge on any atom is -0.496 e. The smallest absolute Gasteiger partial charge is 0.131 e. The molecule has 1 fully saturated rings. The van der Waals surface area contributed by atoms with Crippen molar-refractivity contribution in [1.29, 1.82) is 0 Å². The molecule has 0 amide bonds. The third kappa shape index (κ3) is 4.34. The van der Waals surface area contributed by atoms with Crippen molar-refractivity contribution in [3.8, 4) is 5.75 Å². The van der Waals surface area contributed by atoms with E-state index in [1.807, 2.05) is 11.8 Å². The Kier molecular flexibility index (Phi) is 5.90. The highest BCUT2D eigenvalue weighted by Gasteiger charge is 2.23. The van der Waals surface area contributed by atoms with Crippen LogP contribution in [0.15, 0.2) is 18.2 Å². The second-order valence-corrected chi connectivity index (χ2v) is 7.65. The molecule has 118 valence electrons. The minimum atomic E-state index is -0.332. The van der Waals surface area contributed by atoms with Crippen molar-refractivity contribution in [2.24, 2.45) is 5.73 Å². The summed E-state index contributed by atoms with van der Waals surface area (Å²) in [7, 11) is 1.55. The van der Waals surface area contributed by atoms with Crippen LogP contribution in [0.1, 0.15) is 31.9 Å². The molecule has 1 saturated heterocycles. The number of nitrogens with two attached hydrogens (primary N) is 1. The molecule has 0 radical (unpaired) electrons. The lowest BCUT2D eigenvalue weighted by Crippen LogP contribution is -2.41. The van der Waals surface area contributed by atoms with Crippen LogP contribution in [0.2, 0.25) is 0 Å². The predicted octanol–water partition coefficient (Wildman–Crippen LogP) is 3.05. The molecule has 2 rings (SSSR count). The summed E-state index contributed by atoms with van der Waals surface area (Å²) in [6.45, 7) is 7.57. The molecular weight excluding hydrogens is 287 g/mol. The van der Waals surface area contributed by atoms with Gasteiger partial charge < -0.3 is 15.4 Å². The van der Waals surface area contributed by atoms with Crippen LogP contribution in [-0.4, -0.2) is 42.1 Å². The van der Waals surface area contributed by atoms with Crippen LogP contribution in [-0.2, 0) is 0 Å². The fourth-order valence-corrected chi connectivity index (χ4v) is 4.37. The summed E-state index contributed by atoms with van der Waals surface area (Å²) >= 11 is 2.03. The molecule has 1 heterocycles. The van der Waals surface area contributed by atoms with Gasteiger partial charge in [-0.2, -0.15) is 11.8 Å². The molecule has 3 unspecified atom stereocenters. The SMILES string of the molecule is COc1cccc(F)c1C(N)CCN1CC(C)SC(C)C1. The van der Waals surface area contributed by atoms with Gasteiger partial charge in [0.2, 0.25) is 0 Å². The fourth-order valence-electron chi connectivity index (χ4n) is 2.99. The molecule has 5 heteroatoms. The van der Waals surface area contributed by atoms with E-state index in [2.05, 4.69) is 18.7 Å². The number of nitrogens with zero attached hydrogens (tertiary/aromatic N) is 1.